The van der Waals surface area contributed by atoms with E-state index in [1.165, 1.54) is 85.9 Å². The van der Waals surface area contributed by atoms with E-state index in [9.17, 15) is 0 Å². The van der Waals surface area contributed by atoms with Gasteiger partial charge in [0.05, 0.1) is 0 Å². The molecule has 0 aliphatic rings. The Morgan fingerprint density at radius 2 is 0.744 bits per heavy atom. The molecule has 0 radical (unpaired) electrons. The molecule has 1 heterocycles. The Hall–Kier alpha value is -5.24. The Morgan fingerprint density at radius 1 is 0.279 bits per heavy atom. The van der Waals surface area contributed by atoms with Crippen molar-refractivity contribution < 1.29 is 0 Å². The molecule has 1 heteroatoms. The van der Waals surface area contributed by atoms with Crippen molar-refractivity contribution in [3.8, 4) is 33.4 Å². The van der Waals surface area contributed by atoms with Gasteiger partial charge in [0.2, 0.25) is 0 Å². The van der Waals surface area contributed by atoms with Crippen LogP contribution < -0.4 is 0 Å². The summed E-state index contributed by atoms with van der Waals surface area (Å²) in [6.07, 6.45) is 0. The quantitative estimate of drug-likeness (QED) is 0.188. The molecule has 0 spiro atoms. The molecule has 0 N–H and O–H groups in total. The van der Waals surface area contributed by atoms with Crippen LogP contribution in [0.5, 0.6) is 0 Å². The van der Waals surface area contributed by atoms with Crippen LogP contribution in [0.2, 0.25) is 0 Å². The average Bonchev–Trinajstić information content (AvgIpc) is 3.46. The number of thiophene rings is 1. The number of benzene rings is 8. The van der Waals surface area contributed by atoms with Crippen molar-refractivity contribution in [2.45, 2.75) is 0 Å². The zero-order chi connectivity index (χ0) is 28.3. The number of fused-ring (bicyclic) bond motifs is 6. The van der Waals surface area contributed by atoms with Gasteiger partial charge in [-0.3, -0.25) is 0 Å². The van der Waals surface area contributed by atoms with Crippen molar-refractivity contribution in [3.05, 3.63) is 158 Å². The van der Waals surface area contributed by atoms with Gasteiger partial charge in [0.15, 0.2) is 0 Å². The minimum absolute atomic E-state index is 1.24. The maximum Gasteiger partial charge on any atom is 0.0361 e. The van der Waals surface area contributed by atoms with Crippen LogP contribution in [0.1, 0.15) is 0 Å². The van der Waals surface area contributed by atoms with Gasteiger partial charge < -0.3 is 0 Å². The first-order valence-electron chi connectivity index (χ1n) is 14.8. The second-order valence-corrected chi connectivity index (χ2v) is 12.3. The van der Waals surface area contributed by atoms with Gasteiger partial charge in [-0.25, -0.2) is 0 Å². The first-order valence-corrected chi connectivity index (χ1v) is 15.6. The van der Waals surface area contributed by atoms with E-state index >= 15 is 0 Å². The predicted octanol–water partition coefficient (Wildman–Crippen LogP) is 12.5. The first-order chi connectivity index (χ1) is 21.4. The van der Waals surface area contributed by atoms with Crippen LogP contribution in [-0.2, 0) is 0 Å². The van der Waals surface area contributed by atoms with Gasteiger partial charge in [-0.2, -0.15) is 0 Å². The lowest BCUT2D eigenvalue weighted by Crippen LogP contribution is -1.92. The smallest absolute Gasteiger partial charge is 0.0361 e. The summed E-state index contributed by atoms with van der Waals surface area (Å²) < 4.78 is 2.67. The molecular weight excluding hydrogens is 537 g/mol. The van der Waals surface area contributed by atoms with Crippen LogP contribution in [0.4, 0.5) is 0 Å². The number of hydrogen-bond donors (Lipinski definition) is 0. The van der Waals surface area contributed by atoms with E-state index in [1.807, 2.05) is 11.3 Å². The summed E-state index contributed by atoms with van der Waals surface area (Å²) in [5.74, 6) is 0. The monoisotopic (exact) mass is 562 g/mol. The topological polar surface area (TPSA) is 0 Å². The maximum atomic E-state index is 2.34. The van der Waals surface area contributed by atoms with Crippen LogP contribution >= 0.6 is 11.3 Å². The van der Waals surface area contributed by atoms with Crippen LogP contribution in [-0.4, -0.2) is 0 Å². The maximum absolute atomic E-state index is 2.34. The average molecular weight is 563 g/mol. The standard InChI is InChI=1S/C42H26S/c1-2-13-27(14-3-1)28-25-26-35(30-16-5-4-15-29(28)30)40-31-17-6-8-19-33(31)41(34-20-9-7-18-32(34)40)37-22-12-24-39-42(37)36-21-10-11-23-38(36)43-39/h1-26H. The highest BCUT2D eigenvalue weighted by Crippen LogP contribution is 2.49. The molecule has 0 saturated carbocycles. The fraction of sp³-hybridized carbons (Fsp3) is 0. The summed E-state index contributed by atoms with van der Waals surface area (Å²) in [6, 6.07) is 57.9. The Morgan fingerprint density at radius 3 is 1.40 bits per heavy atom. The molecule has 8 aromatic carbocycles. The second-order valence-electron chi connectivity index (χ2n) is 11.2. The molecule has 0 unspecified atom stereocenters. The minimum atomic E-state index is 1.24. The lowest BCUT2D eigenvalue weighted by molar-refractivity contribution is 1.64. The molecule has 1 aromatic heterocycles. The Kier molecular flexibility index (Phi) is 5.47. The lowest BCUT2D eigenvalue weighted by atomic mass is 9.83. The summed E-state index contributed by atoms with van der Waals surface area (Å²) in [7, 11) is 0. The molecule has 0 aliphatic carbocycles. The molecule has 0 nitrogen and oxygen atoms in total. The number of hydrogen-bond acceptors (Lipinski definition) is 1. The molecule has 0 saturated heterocycles. The molecule has 9 aromatic rings. The van der Waals surface area contributed by atoms with E-state index in [4.69, 9.17) is 0 Å². The fourth-order valence-corrected chi connectivity index (χ4v) is 8.21. The van der Waals surface area contributed by atoms with Gasteiger partial charge in [-0.05, 0) is 77.8 Å². The summed E-state index contributed by atoms with van der Waals surface area (Å²) in [4.78, 5) is 0. The van der Waals surface area contributed by atoms with E-state index in [0.29, 0.717) is 0 Å². The largest absolute Gasteiger partial charge is 0.135 e. The minimum Gasteiger partial charge on any atom is -0.135 e. The van der Waals surface area contributed by atoms with Crippen LogP contribution in [0.25, 0.3) is 85.9 Å². The second kappa shape index (κ2) is 9.66. The molecule has 0 aliphatic heterocycles. The summed E-state index contributed by atoms with van der Waals surface area (Å²) >= 11 is 1.88. The highest BCUT2D eigenvalue weighted by atomic mass is 32.1. The van der Waals surface area contributed by atoms with Crippen LogP contribution in [0, 0.1) is 0 Å². The Labute approximate surface area is 254 Å². The highest BCUT2D eigenvalue weighted by Gasteiger charge is 2.20. The van der Waals surface area contributed by atoms with Crippen molar-refractivity contribution in [3.63, 3.8) is 0 Å². The summed E-state index contributed by atoms with van der Waals surface area (Å²) in [5, 5.41) is 10.4. The molecule has 0 bridgehead atoms. The Bertz CT molecular complexity index is 2440. The number of rotatable bonds is 3. The van der Waals surface area contributed by atoms with Gasteiger partial charge in [0.1, 0.15) is 0 Å². The van der Waals surface area contributed by atoms with Crippen molar-refractivity contribution >= 4 is 63.8 Å². The van der Waals surface area contributed by atoms with Gasteiger partial charge >= 0.3 is 0 Å². The zero-order valence-electron chi connectivity index (χ0n) is 23.4. The van der Waals surface area contributed by atoms with Crippen molar-refractivity contribution in [2.75, 3.05) is 0 Å². The van der Waals surface area contributed by atoms with Gasteiger partial charge in [-0.15, -0.1) is 11.3 Å². The van der Waals surface area contributed by atoms with E-state index in [0.717, 1.165) is 0 Å². The molecular formula is C42H26S. The molecule has 0 amide bonds. The van der Waals surface area contributed by atoms with Gasteiger partial charge in [-0.1, -0.05) is 146 Å². The van der Waals surface area contributed by atoms with Gasteiger partial charge in [0.25, 0.3) is 0 Å². The zero-order valence-corrected chi connectivity index (χ0v) is 24.2. The molecule has 0 atom stereocenters. The third-order valence-electron chi connectivity index (χ3n) is 8.88. The third-order valence-corrected chi connectivity index (χ3v) is 10.0. The lowest BCUT2D eigenvalue weighted by Gasteiger charge is -2.20. The summed E-state index contributed by atoms with van der Waals surface area (Å²) in [5.41, 5.74) is 7.70. The van der Waals surface area contributed by atoms with E-state index in [-0.39, 0.29) is 0 Å². The normalized spacial score (nSPS) is 11.7. The van der Waals surface area contributed by atoms with Crippen LogP contribution in [0.15, 0.2) is 158 Å². The Balaban J connectivity index is 1.42. The van der Waals surface area contributed by atoms with Crippen molar-refractivity contribution in [1.82, 2.24) is 0 Å². The van der Waals surface area contributed by atoms with E-state index < -0.39 is 0 Å². The molecule has 0 fully saturated rings. The third kappa shape index (κ3) is 3.69. The molecule has 200 valence electrons. The van der Waals surface area contributed by atoms with Gasteiger partial charge in [0, 0.05) is 20.2 Å². The highest BCUT2D eigenvalue weighted by molar-refractivity contribution is 7.25. The summed E-state index contributed by atoms with van der Waals surface area (Å²) in [6.45, 7) is 0. The fourth-order valence-electron chi connectivity index (χ4n) is 7.08. The van der Waals surface area contributed by atoms with Crippen molar-refractivity contribution in [2.24, 2.45) is 0 Å². The van der Waals surface area contributed by atoms with Crippen LogP contribution in [0.3, 0.4) is 0 Å². The van der Waals surface area contributed by atoms with Crippen molar-refractivity contribution in [1.29, 1.82) is 0 Å². The predicted molar refractivity (Wildman–Crippen MR) is 188 cm³/mol. The van der Waals surface area contributed by atoms with E-state index in [1.54, 1.807) is 0 Å². The molecule has 43 heavy (non-hydrogen) atoms. The SMILES string of the molecule is c1ccc(-c2ccc(-c3c4ccccc4c(-c4cccc5sc6ccccc6c45)c4ccccc34)c3ccccc23)cc1. The first kappa shape index (κ1) is 24.4. The molecule has 9 rings (SSSR count). The van der Waals surface area contributed by atoms with E-state index in [2.05, 4.69) is 158 Å².